The van der Waals surface area contributed by atoms with Gasteiger partial charge in [0.05, 0.1) is 0 Å². The zero-order valence-electron chi connectivity index (χ0n) is 13.5. The molecule has 2 N–H and O–H groups in total. The van der Waals surface area contributed by atoms with Gasteiger partial charge in [0.2, 0.25) is 5.91 Å². The number of aryl methyl sites for hydroxylation is 1. The topological polar surface area (TPSA) is 89.4 Å². The van der Waals surface area contributed by atoms with E-state index in [2.05, 4.69) is 4.98 Å². The average Bonchev–Trinajstić information content (AvgIpc) is 3.28. The molecule has 3 fully saturated rings. The van der Waals surface area contributed by atoms with Crippen LogP contribution >= 0.6 is 11.6 Å². The smallest absolute Gasteiger partial charge is 0.270 e. The third-order valence-corrected chi connectivity index (χ3v) is 5.54. The minimum Gasteiger partial charge on any atom is -0.447 e. The highest BCUT2D eigenvalue weighted by molar-refractivity contribution is 6.30. The maximum atomic E-state index is 12.6. The summed E-state index contributed by atoms with van der Waals surface area (Å²) in [5.41, 5.74) is 6.63. The quantitative estimate of drug-likeness (QED) is 0.887. The molecule has 2 aromatic rings. The summed E-state index contributed by atoms with van der Waals surface area (Å²) in [4.78, 5) is 29.9. The van der Waals surface area contributed by atoms with Gasteiger partial charge in [-0.2, -0.15) is 0 Å². The molecule has 3 aliphatic rings. The predicted molar refractivity (Wildman–Crippen MR) is 91.1 cm³/mol. The predicted octanol–water partition coefficient (Wildman–Crippen LogP) is 2.37. The Hall–Kier alpha value is -2.34. The fourth-order valence-corrected chi connectivity index (χ4v) is 4.14. The average molecular weight is 360 g/mol. The highest BCUT2D eigenvalue weighted by Crippen LogP contribution is 2.53. The van der Waals surface area contributed by atoms with Crippen LogP contribution in [0.15, 0.2) is 35.1 Å². The van der Waals surface area contributed by atoms with Gasteiger partial charge in [0.1, 0.15) is 5.76 Å². The zero-order valence-corrected chi connectivity index (χ0v) is 14.3. The fourth-order valence-electron chi connectivity index (χ4n) is 4.02. The second-order valence-electron chi connectivity index (χ2n) is 6.69. The van der Waals surface area contributed by atoms with Crippen molar-refractivity contribution in [2.75, 3.05) is 6.54 Å². The number of nitrogens with two attached hydrogens (primary N) is 1. The first-order valence-corrected chi connectivity index (χ1v) is 8.69. The van der Waals surface area contributed by atoms with Crippen LogP contribution in [0.25, 0.3) is 0 Å². The first-order valence-electron chi connectivity index (χ1n) is 8.31. The number of hydrogen-bond donors (Lipinski definition) is 1. The van der Waals surface area contributed by atoms with Gasteiger partial charge in [0.15, 0.2) is 12.1 Å². The van der Waals surface area contributed by atoms with Gasteiger partial charge >= 0.3 is 0 Å². The Morgan fingerprint density at radius 2 is 2.08 bits per heavy atom. The molecule has 3 heterocycles. The van der Waals surface area contributed by atoms with Crippen LogP contribution in [0.3, 0.4) is 0 Å². The summed E-state index contributed by atoms with van der Waals surface area (Å²) in [6.45, 7) is 0.702. The van der Waals surface area contributed by atoms with Gasteiger partial charge < -0.3 is 15.1 Å². The molecule has 130 valence electrons. The van der Waals surface area contributed by atoms with Crippen molar-refractivity contribution >= 4 is 23.4 Å². The van der Waals surface area contributed by atoms with E-state index < -0.39 is 5.91 Å². The van der Waals surface area contributed by atoms with Crippen molar-refractivity contribution in [3.63, 3.8) is 0 Å². The standard InChI is InChI=1S/C18H18ClN3O3/c19-12-4-1-10(2-5-12)3-6-14(23)22-8-11-7-13(22)15(11)17-16(18(20)24)21-9-25-17/h1-2,4-5,9,11,13,15H,3,6-8H2,(H2,20,24). The summed E-state index contributed by atoms with van der Waals surface area (Å²) in [7, 11) is 0. The monoisotopic (exact) mass is 359 g/mol. The summed E-state index contributed by atoms with van der Waals surface area (Å²) < 4.78 is 5.42. The van der Waals surface area contributed by atoms with Crippen LogP contribution in [-0.4, -0.2) is 34.3 Å². The van der Waals surface area contributed by atoms with E-state index in [4.69, 9.17) is 21.8 Å². The SMILES string of the molecule is NC(=O)c1ncoc1C1C2CC1N(C(=O)CCc1ccc(Cl)cc1)C2. The van der Waals surface area contributed by atoms with Crippen LogP contribution in [0.2, 0.25) is 5.02 Å². The third-order valence-electron chi connectivity index (χ3n) is 5.29. The van der Waals surface area contributed by atoms with E-state index in [1.54, 1.807) is 0 Å². The minimum atomic E-state index is -0.587. The summed E-state index contributed by atoms with van der Waals surface area (Å²) in [6, 6.07) is 7.62. The molecule has 7 heteroatoms. The molecule has 1 aliphatic carbocycles. The largest absolute Gasteiger partial charge is 0.447 e. The molecule has 5 rings (SSSR count). The van der Waals surface area contributed by atoms with Crippen LogP contribution in [0.4, 0.5) is 0 Å². The first kappa shape index (κ1) is 16.1. The summed E-state index contributed by atoms with van der Waals surface area (Å²) in [5.74, 6) is 0.419. The molecule has 2 aliphatic heterocycles. The molecule has 2 amide bonds. The van der Waals surface area contributed by atoms with Gasteiger partial charge in [-0.1, -0.05) is 23.7 Å². The van der Waals surface area contributed by atoms with E-state index in [1.807, 2.05) is 29.2 Å². The van der Waals surface area contributed by atoms with Gasteiger partial charge in [-0.15, -0.1) is 0 Å². The Labute approximate surface area is 150 Å². The molecule has 1 saturated carbocycles. The van der Waals surface area contributed by atoms with Crippen molar-refractivity contribution in [2.45, 2.75) is 31.2 Å². The lowest BCUT2D eigenvalue weighted by Crippen LogP contribution is -2.40. The van der Waals surface area contributed by atoms with Gasteiger partial charge in [-0.25, -0.2) is 4.98 Å². The lowest BCUT2D eigenvalue weighted by molar-refractivity contribution is -0.131. The van der Waals surface area contributed by atoms with Crippen molar-refractivity contribution < 1.29 is 14.0 Å². The van der Waals surface area contributed by atoms with Gasteiger partial charge in [-0.05, 0) is 36.5 Å². The molecule has 0 spiro atoms. The Bertz CT molecular complexity index is 817. The second kappa shape index (κ2) is 6.19. The molecular formula is C18H18ClN3O3. The molecule has 1 aromatic heterocycles. The van der Waals surface area contributed by atoms with E-state index in [9.17, 15) is 9.59 Å². The normalized spacial score (nSPS) is 24.2. The Morgan fingerprint density at radius 1 is 1.32 bits per heavy atom. The number of fused-ring (bicyclic) bond motifs is 1. The lowest BCUT2D eigenvalue weighted by Gasteiger charge is -2.35. The van der Waals surface area contributed by atoms with Crippen LogP contribution < -0.4 is 5.73 Å². The fraction of sp³-hybridized carbons (Fsp3) is 0.389. The summed E-state index contributed by atoms with van der Waals surface area (Å²) in [5, 5.41) is 0.690. The number of carbonyl (C=O) groups excluding carboxylic acids is 2. The van der Waals surface area contributed by atoms with Crippen LogP contribution in [-0.2, 0) is 11.2 Å². The Morgan fingerprint density at radius 3 is 2.80 bits per heavy atom. The number of halogens is 1. The van der Waals surface area contributed by atoms with Crippen LogP contribution in [0.5, 0.6) is 0 Å². The second-order valence-corrected chi connectivity index (χ2v) is 7.13. The maximum Gasteiger partial charge on any atom is 0.270 e. The molecule has 2 saturated heterocycles. The van der Waals surface area contributed by atoms with Gasteiger partial charge in [-0.3, -0.25) is 9.59 Å². The third kappa shape index (κ3) is 2.80. The van der Waals surface area contributed by atoms with Crippen molar-refractivity contribution in [1.29, 1.82) is 0 Å². The number of aromatic nitrogens is 1. The number of amides is 2. The molecule has 0 radical (unpaired) electrons. The number of carbonyl (C=O) groups is 2. The molecule has 6 nitrogen and oxygen atoms in total. The number of hydrogen-bond acceptors (Lipinski definition) is 4. The first-order chi connectivity index (χ1) is 12.0. The van der Waals surface area contributed by atoms with E-state index >= 15 is 0 Å². The summed E-state index contributed by atoms with van der Waals surface area (Å²) in [6.07, 6.45) is 3.33. The summed E-state index contributed by atoms with van der Waals surface area (Å²) >= 11 is 5.88. The van der Waals surface area contributed by atoms with Crippen molar-refractivity contribution in [1.82, 2.24) is 9.88 Å². The number of nitrogens with zero attached hydrogens (tertiary/aromatic N) is 2. The Balaban J connectivity index is 1.41. The van der Waals surface area contributed by atoms with E-state index in [1.165, 1.54) is 6.39 Å². The van der Waals surface area contributed by atoms with Gasteiger partial charge in [0.25, 0.3) is 5.91 Å². The van der Waals surface area contributed by atoms with E-state index in [0.717, 1.165) is 12.0 Å². The van der Waals surface area contributed by atoms with Crippen LogP contribution in [0.1, 0.15) is 40.6 Å². The lowest BCUT2D eigenvalue weighted by atomic mass is 9.72. The van der Waals surface area contributed by atoms with E-state index in [-0.39, 0.29) is 23.6 Å². The van der Waals surface area contributed by atoms with Gasteiger partial charge in [0, 0.05) is 29.9 Å². The number of primary amides is 1. The zero-order chi connectivity index (χ0) is 17.6. The number of rotatable bonds is 5. The maximum absolute atomic E-state index is 12.6. The highest BCUT2D eigenvalue weighted by atomic mass is 35.5. The van der Waals surface area contributed by atoms with Crippen molar-refractivity contribution in [3.8, 4) is 0 Å². The number of benzene rings is 1. The molecule has 3 unspecified atom stereocenters. The highest BCUT2D eigenvalue weighted by Gasteiger charge is 2.56. The molecule has 25 heavy (non-hydrogen) atoms. The molecular weight excluding hydrogens is 342 g/mol. The van der Waals surface area contributed by atoms with Crippen LogP contribution in [0, 0.1) is 5.92 Å². The number of oxazole rings is 1. The minimum absolute atomic E-state index is 0.0319. The molecule has 3 atom stereocenters. The van der Waals surface area contributed by atoms with E-state index in [0.29, 0.717) is 36.1 Å². The van der Waals surface area contributed by atoms with Crippen molar-refractivity contribution in [3.05, 3.63) is 52.7 Å². The van der Waals surface area contributed by atoms with Crippen molar-refractivity contribution in [2.24, 2.45) is 11.7 Å². The molecule has 1 aromatic carbocycles. The molecule has 2 bridgehead atoms. The Kier molecular flexibility index (Phi) is 4.00.